The smallest absolute Gasteiger partial charge is 0.216 e. The number of hydrogen-bond donors (Lipinski definition) is 3. The lowest BCUT2D eigenvalue weighted by Gasteiger charge is -2.10. The molecule has 3 aromatic rings. The highest BCUT2D eigenvalue weighted by Crippen LogP contribution is 2.14. The molecule has 132 valence electrons. The lowest BCUT2D eigenvalue weighted by Crippen LogP contribution is -2.38. The van der Waals surface area contributed by atoms with E-state index in [0.29, 0.717) is 29.9 Å². The van der Waals surface area contributed by atoms with Gasteiger partial charge in [0.15, 0.2) is 11.7 Å². The quantitative estimate of drug-likeness (QED) is 0.300. The molecule has 8 nitrogen and oxygen atoms in total. The normalized spacial score (nSPS) is 11.0. The molecule has 0 aliphatic heterocycles. The molecule has 0 spiro atoms. The first-order chi connectivity index (χ1) is 11.8. The summed E-state index contributed by atoms with van der Waals surface area (Å²) in [6.07, 6.45) is 4.21. The molecule has 0 atom stereocenters. The summed E-state index contributed by atoms with van der Waals surface area (Å²) in [6.45, 7) is 1.22. The summed E-state index contributed by atoms with van der Waals surface area (Å²) < 4.78 is 5.27. The van der Waals surface area contributed by atoms with E-state index in [2.05, 4.69) is 35.8 Å². The number of nitrogens with one attached hydrogen (secondary N) is 3. The number of guanidine groups is 1. The van der Waals surface area contributed by atoms with Crippen molar-refractivity contribution in [1.82, 2.24) is 30.8 Å². The minimum Gasteiger partial charge on any atom is -0.461 e. The highest BCUT2D eigenvalue weighted by Gasteiger charge is 2.08. The van der Waals surface area contributed by atoms with Crippen LogP contribution in [0.15, 0.2) is 52.2 Å². The van der Waals surface area contributed by atoms with Crippen LogP contribution in [-0.4, -0.2) is 39.7 Å². The molecule has 0 fully saturated rings. The standard InChI is InChI=1S/C16H19N7O.HI/c1-17-16(19-9-7-12-5-2-3-8-18-12)20-11-14-21-15(23-22-14)13-6-4-10-24-13;/h2-6,8,10H,7,9,11H2,1H3,(H2,17,19,20)(H,21,22,23);1H. The topological polar surface area (TPSA) is 104 Å². The summed E-state index contributed by atoms with van der Waals surface area (Å²) in [5.74, 6) is 2.57. The number of hydrogen-bond acceptors (Lipinski definition) is 5. The Morgan fingerprint density at radius 2 is 2.16 bits per heavy atom. The molecule has 0 unspecified atom stereocenters. The Labute approximate surface area is 162 Å². The Hall–Kier alpha value is -2.43. The van der Waals surface area contributed by atoms with Gasteiger partial charge in [-0.3, -0.25) is 15.1 Å². The summed E-state index contributed by atoms with van der Waals surface area (Å²) in [7, 11) is 1.73. The first-order valence-corrected chi connectivity index (χ1v) is 7.65. The van der Waals surface area contributed by atoms with Crippen molar-refractivity contribution in [3.05, 3.63) is 54.3 Å². The molecule has 0 aliphatic rings. The van der Waals surface area contributed by atoms with E-state index in [1.807, 2.05) is 24.3 Å². The zero-order valence-electron chi connectivity index (χ0n) is 13.8. The molecule has 0 aromatic carbocycles. The lowest BCUT2D eigenvalue weighted by atomic mass is 10.3. The van der Waals surface area contributed by atoms with Crippen molar-refractivity contribution in [3.63, 3.8) is 0 Å². The van der Waals surface area contributed by atoms with Gasteiger partial charge in [-0.05, 0) is 24.3 Å². The molecule has 0 saturated heterocycles. The number of rotatable bonds is 6. The van der Waals surface area contributed by atoms with Crippen LogP contribution in [0.5, 0.6) is 0 Å². The van der Waals surface area contributed by atoms with Gasteiger partial charge < -0.3 is 15.1 Å². The second kappa shape index (κ2) is 9.77. The van der Waals surface area contributed by atoms with Gasteiger partial charge in [0.1, 0.15) is 5.82 Å². The van der Waals surface area contributed by atoms with Gasteiger partial charge in [-0.2, -0.15) is 0 Å². The molecule has 0 radical (unpaired) electrons. The fraction of sp³-hybridized carbons (Fsp3) is 0.250. The summed E-state index contributed by atoms with van der Waals surface area (Å²) in [5.41, 5.74) is 1.04. The van der Waals surface area contributed by atoms with Gasteiger partial charge in [0.25, 0.3) is 0 Å². The second-order valence-electron chi connectivity index (χ2n) is 5.01. The van der Waals surface area contributed by atoms with E-state index in [9.17, 15) is 0 Å². The fourth-order valence-corrected chi connectivity index (χ4v) is 2.13. The number of nitrogens with zero attached hydrogens (tertiary/aromatic N) is 4. The molecule has 3 N–H and O–H groups in total. The van der Waals surface area contributed by atoms with Crippen LogP contribution in [0.1, 0.15) is 11.5 Å². The van der Waals surface area contributed by atoms with Crippen molar-refractivity contribution in [3.8, 4) is 11.6 Å². The molecular weight excluding hydrogens is 433 g/mol. The Morgan fingerprint density at radius 3 is 2.88 bits per heavy atom. The summed E-state index contributed by atoms with van der Waals surface area (Å²) in [5, 5.41) is 13.4. The fourth-order valence-electron chi connectivity index (χ4n) is 2.13. The van der Waals surface area contributed by atoms with Gasteiger partial charge in [0.2, 0.25) is 5.82 Å². The molecular formula is C16H20IN7O. The number of furan rings is 1. The van der Waals surface area contributed by atoms with E-state index in [1.165, 1.54) is 0 Å². The Morgan fingerprint density at radius 1 is 1.24 bits per heavy atom. The van der Waals surface area contributed by atoms with Gasteiger partial charge in [-0.25, -0.2) is 4.98 Å². The Bertz CT molecular complexity index is 771. The van der Waals surface area contributed by atoms with Gasteiger partial charge in [-0.1, -0.05) is 6.07 Å². The maximum absolute atomic E-state index is 5.27. The SMILES string of the molecule is CN=C(NCCc1ccccn1)NCc1nc(-c2ccco2)n[nH]1.I. The third-order valence-corrected chi connectivity index (χ3v) is 3.32. The van der Waals surface area contributed by atoms with Gasteiger partial charge in [0, 0.05) is 31.9 Å². The lowest BCUT2D eigenvalue weighted by molar-refractivity contribution is 0.577. The van der Waals surface area contributed by atoms with Crippen LogP contribution in [0.2, 0.25) is 0 Å². The van der Waals surface area contributed by atoms with Crippen molar-refractivity contribution in [2.45, 2.75) is 13.0 Å². The maximum Gasteiger partial charge on any atom is 0.216 e. The zero-order chi connectivity index (χ0) is 16.6. The van der Waals surface area contributed by atoms with Crippen LogP contribution in [0.3, 0.4) is 0 Å². The number of aliphatic imine (C=N–C) groups is 1. The number of aromatic nitrogens is 4. The summed E-state index contributed by atoms with van der Waals surface area (Å²) >= 11 is 0. The van der Waals surface area contributed by atoms with Gasteiger partial charge in [0.05, 0.1) is 12.8 Å². The number of H-pyrrole nitrogens is 1. The van der Waals surface area contributed by atoms with Gasteiger partial charge in [-0.15, -0.1) is 29.1 Å². The van der Waals surface area contributed by atoms with Crippen LogP contribution in [0.4, 0.5) is 0 Å². The predicted octanol–water partition coefficient (Wildman–Crippen LogP) is 1.99. The van der Waals surface area contributed by atoms with Crippen molar-refractivity contribution in [2.75, 3.05) is 13.6 Å². The molecule has 0 aliphatic carbocycles. The maximum atomic E-state index is 5.27. The van der Waals surface area contributed by atoms with Crippen molar-refractivity contribution in [1.29, 1.82) is 0 Å². The first kappa shape index (κ1) is 18.9. The van der Waals surface area contributed by atoms with E-state index < -0.39 is 0 Å². The molecule has 0 bridgehead atoms. The van der Waals surface area contributed by atoms with Crippen LogP contribution in [0, 0.1) is 0 Å². The Kier molecular flexibility index (Phi) is 7.38. The molecule has 9 heteroatoms. The van der Waals surface area contributed by atoms with Crippen molar-refractivity contribution >= 4 is 29.9 Å². The monoisotopic (exact) mass is 453 g/mol. The van der Waals surface area contributed by atoms with E-state index in [4.69, 9.17) is 4.42 Å². The summed E-state index contributed by atoms with van der Waals surface area (Å²) in [4.78, 5) is 12.8. The average molecular weight is 453 g/mol. The minimum absolute atomic E-state index is 0. The molecule has 0 amide bonds. The molecule has 3 heterocycles. The predicted molar refractivity (Wildman–Crippen MR) is 106 cm³/mol. The van der Waals surface area contributed by atoms with Crippen LogP contribution >= 0.6 is 24.0 Å². The Balaban J connectivity index is 0.00000225. The number of halogens is 1. The summed E-state index contributed by atoms with van der Waals surface area (Å²) in [6, 6.07) is 9.51. The minimum atomic E-state index is 0. The average Bonchev–Trinajstić information content (AvgIpc) is 3.30. The van der Waals surface area contributed by atoms with Crippen LogP contribution < -0.4 is 10.6 Å². The molecule has 25 heavy (non-hydrogen) atoms. The van der Waals surface area contributed by atoms with E-state index >= 15 is 0 Å². The van der Waals surface area contributed by atoms with Crippen molar-refractivity contribution < 1.29 is 4.42 Å². The molecule has 3 aromatic heterocycles. The van der Waals surface area contributed by atoms with Crippen LogP contribution in [0.25, 0.3) is 11.6 Å². The third-order valence-electron chi connectivity index (χ3n) is 3.32. The van der Waals surface area contributed by atoms with E-state index in [0.717, 1.165) is 18.7 Å². The van der Waals surface area contributed by atoms with Crippen LogP contribution in [-0.2, 0) is 13.0 Å². The first-order valence-electron chi connectivity index (χ1n) is 7.65. The zero-order valence-corrected chi connectivity index (χ0v) is 16.1. The number of pyridine rings is 1. The largest absolute Gasteiger partial charge is 0.461 e. The van der Waals surface area contributed by atoms with Gasteiger partial charge >= 0.3 is 0 Å². The van der Waals surface area contributed by atoms with Crippen molar-refractivity contribution in [2.24, 2.45) is 4.99 Å². The third kappa shape index (κ3) is 5.55. The molecule has 0 saturated carbocycles. The highest BCUT2D eigenvalue weighted by atomic mass is 127. The highest BCUT2D eigenvalue weighted by molar-refractivity contribution is 14.0. The second-order valence-corrected chi connectivity index (χ2v) is 5.01. The number of aromatic amines is 1. The molecule has 3 rings (SSSR count). The van der Waals surface area contributed by atoms with E-state index in [1.54, 1.807) is 25.6 Å². The van der Waals surface area contributed by atoms with E-state index in [-0.39, 0.29) is 24.0 Å².